The van der Waals surface area contributed by atoms with Crippen molar-refractivity contribution in [1.29, 1.82) is 0 Å². The Morgan fingerprint density at radius 2 is 1.94 bits per heavy atom. The molecule has 0 atom stereocenters. The summed E-state index contributed by atoms with van der Waals surface area (Å²) in [6.07, 6.45) is 2.12. The summed E-state index contributed by atoms with van der Waals surface area (Å²) in [5.41, 5.74) is 0.879. The molecule has 1 saturated heterocycles. The van der Waals surface area contributed by atoms with Crippen LogP contribution >= 0.6 is 0 Å². The summed E-state index contributed by atoms with van der Waals surface area (Å²) in [6, 6.07) is 4.98. The fourth-order valence-electron chi connectivity index (χ4n) is 2.17. The average molecular weight is 249 g/mol. The quantitative estimate of drug-likeness (QED) is 0.648. The van der Waals surface area contributed by atoms with Crippen LogP contribution in [-0.4, -0.2) is 37.1 Å². The van der Waals surface area contributed by atoms with Gasteiger partial charge in [0.15, 0.2) is 0 Å². The second-order valence-electron chi connectivity index (χ2n) is 4.21. The molecular formula is C13H15NO4. The smallest absolute Gasteiger partial charge is 0.377 e. The fraction of sp³-hybridized carbons (Fsp3) is 0.385. The summed E-state index contributed by atoms with van der Waals surface area (Å²) < 4.78 is 5.04. The molecule has 1 aliphatic rings. The number of ether oxygens (including phenoxy) is 1. The van der Waals surface area contributed by atoms with E-state index in [0.717, 1.165) is 25.9 Å². The number of methoxy groups -OCH3 is 1. The average Bonchev–Trinajstić information content (AvgIpc) is 2.90. The van der Waals surface area contributed by atoms with Gasteiger partial charge in [0.1, 0.15) is 5.75 Å². The van der Waals surface area contributed by atoms with Gasteiger partial charge >= 0.3 is 5.97 Å². The number of rotatable bonds is 4. The number of ketones is 1. The second kappa shape index (κ2) is 5.08. The van der Waals surface area contributed by atoms with Gasteiger partial charge in [0, 0.05) is 18.8 Å². The van der Waals surface area contributed by atoms with Gasteiger partial charge in [-0.1, -0.05) is 0 Å². The number of aliphatic carboxylic acids is 1. The van der Waals surface area contributed by atoms with Gasteiger partial charge in [-0.2, -0.15) is 0 Å². The minimum absolute atomic E-state index is 0.198. The lowest BCUT2D eigenvalue weighted by Gasteiger charge is -2.20. The van der Waals surface area contributed by atoms with Gasteiger partial charge in [0.2, 0.25) is 0 Å². The molecule has 0 unspecified atom stereocenters. The van der Waals surface area contributed by atoms with Crippen molar-refractivity contribution >= 4 is 17.4 Å². The molecule has 0 bridgehead atoms. The van der Waals surface area contributed by atoms with E-state index in [2.05, 4.69) is 0 Å². The number of nitrogens with zero attached hydrogens (tertiary/aromatic N) is 1. The lowest BCUT2D eigenvalue weighted by atomic mass is 10.1. The van der Waals surface area contributed by atoms with E-state index >= 15 is 0 Å². The Balaban J connectivity index is 2.44. The fourth-order valence-corrected chi connectivity index (χ4v) is 2.17. The topological polar surface area (TPSA) is 66.8 Å². The van der Waals surface area contributed by atoms with E-state index in [1.807, 2.05) is 4.90 Å². The van der Waals surface area contributed by atoms with Gasteiger partial charge < -0.3 is 14.7 Å². The van der Waals surface area contributed by atoms with E-state index < -0.39 is 11.8 Å². The van der Waals surface area contributed by atoms with E-state index in [1.54, 1.807) is 12.1 Å². The SMILES string of the molecule is COc1ccc(N2CCCC2)c(C(=O)C(=O)O)c1. The number of hydrogen-bond acceptors (Lipinski definition) is 4. The predicted molar refractivity (Wildman–Crippen MR) is 66.4 cm³/mol. The number of hydrogen-bond donors (Lipinski definition) is 1. The highest BCUT2D eigenvalue weighted by atomic mass is 16.5. The first-order valence-electron chi connectivity index (χ1n) is 5.84. The van der Waals surface area contributed by atoms with Crippen LogP contribution in [0.25, 0.3) is 0 Å². The third-order valence-corrected chi connectivity index (χ3v) is 3.09. The maximum absolute atomic E-state index is 11.7. The van der Waals surface area contributed by atoms with Crippen molar-refractivity contribution in [1.82, 2.24) is 0 Å². The third-order valence-electron chi connectivity index (χ3n) is 3.09. The molecule has 0 radical (unpaired) electrons. The van der Waals surface area contributed by atoms with Crippen LogP contribution in [0.3, 0.4) is 0 Å². The van der Waals surface area contributed by atoms with Gasteiger partial charge in [-0.15, -0.1) is 0 Å². The van der Waals surface area contributed by atoms with Crippen molar-refractivity contribution < 1.29 is 19.4 Å². The van der Waals surface area contributed by atoms with Gasteiger partial charge in [-0.25, -0.2) is 4.79 Å². The number of carboxylic acids is 1. The maximum Gasteiger partial charge on any atom is 0.377 e. The molecule has 0 spiro atoms. The highest BCUT2D eigenvalue weighted by molar-refractivity contribution is 6.41. The zero-order chi connectivity index (χ0) is 13.1. The van der Waals surface area contributed by atoms with Crippen molar-refractivity contribution in [3.8, 4) is 5.75 Å². The molecule has 96 valence electrons. The molecule has 0 aromatic heterocycles. The largest absolute Gasteiger partial charge is 0.497 e. The summed E-state index contributed by atoms with van der Waals surface area (Å²) in [5.74, 6) is -1.85. The van der Waals surface area contributed by atoms with E-state index in [-0.39, 0.29) is 5.56 Å². The van der Waals surface area contributed by atoms with Gasteiger partial charge in [0.25, 0.3) is 5.78 Å². The molecule has 1 N–H and O–H groups in total. The molecule has 18 heavy (non-hydrogen) atoms. The zero-order valence-electron chi connectivity index (χ0n) is 10.2. The van der Waals surface area contributed by atoms with Crippen molar-refractivity contribution in [2.24, 2.45) is 0 Å². The van der Waals surface area contributed by atoms with Crippen LogP contribution in [0.5, 0.6) is 5.75 Å². The van der Waals surface area contributed by atoms with E-state index in [1.165, 1.54) is 13.2 Å². The maximum atomic E-state index is 11.7. The monoisotopic (exact) mass is 249 g/mol. The van der Waals surface area contributed by atoms with Crippen molar-refractivity contribution in [2.45, 2.75) is 12.8 Å². The Kier molecular flexibility index (Phi) is 3.50. The van der Waals surface area contributed by atoms with Gasteiger partial charge in [-0.3, -0.25) is 4.79 Å². The first-order valence-corrected chi connectivity index (χ1v) is 5.84. The lowest BCUT2D eigenvalue weighted by molar-refractivity contribution is -0.131. The minimum Gasteiger partial charge on any atom is -0.497 e. The van der Waals surface area contributed by atoms with E-state index in [9.17, 15) is 9.59 Å². The van der Waals surface area contributed by atoms with Crippen molar-refractivity contribution in [3.63, 3.8) is 0 Å². The van der Waals surface area contributed by atoms with Crippen LogP contribution < -0.4 is 9.64 Å². The summed E-state index contributed by atoms with van der Waals surface area (Å²) in [6.45, 7) is 1.71. The van der Waals surface area contributed by atoms with E-state index in [0.29, 0.717) is 11.4 Å². The van der Waals surface area contributed by atoms with Crippen LogP contribution in [-0.2, 0) is 4.79 Å². The van der Waals surface area contributed by atoms with Crippen LogP contribution in [0.15, 0.2) is 18.2 Å². The standard InChI is InChI=1S/C13H15NO4/c1-18-9-4-5-11(14-6-2-3-7-14)10(8-9)12(15)13(16)17/h4-5,8H,2-3,6-7H2,1H3,(H,16,17). The number of carbonyl (C=O) groups excluding carboxylic acids is 1. The Morgan fingerprint density at radius 1 is 1.28 bits per heavy atom. The van der Waals surface area contributed by atoms with Gasteiger partial charge in [0.05, 0.1) is 12.7 Å². The molecule has 1 heterocycles. The van der Waals surface area contributed by atoms with Crippen LogP contribution in [0.2, 0.25) is 0 Å². The Labute approximate surface area is 105 Å². The van der Waals surface area contributed by atoms with E-state index in [4.69, 9.17) is 9.84 Å². The first kappa shape index (κ1) is 12.4. The normalized spacial score (nSPS) is 14.6. The van der Waals surface area contributed by atoms with Gasteiger partial charge in [-0.05, 0) is 31.0 Å². The molecule has 0 amide bonds. The van der Waals surface area contributed by atoms with Crippen molar-refractivity contribution in [2.75, 3.05) is 25.1 Å². The first-order chi connectivity index (χ1) is 8.63. The van der Waals surface area contributed by atoms with Crippen LogP contribution in [0.1, 0.15) is 23.2 Å². The Morgan fingerprint density at radius 3 is 2.50 bits per heavy atom. The summed E-state index contributed by atoms with van der Waals surface area (Å²) in [5, 5.41) is 8.86. The molecule has 2 rings (SSSR count). The molecular weight excluding hydrogens is 234 g/mol. The molecule has 0 aliphatic carbocycles. The van der Waals surface area contributed by atoms with Crippen LogP contribution in [0, 0.1) is 0 Å². The predicted octanol–water partition coefficient (Wildman–Crippen LogP) is 1.56. The summed E-state index contributed by atoms with van der Waals surface area (Å²) in [7, 11) is 1.49. The van der Waals surface area contributed by atoms with Crippen LogP contribution in [0.4, 0.5) is 5.69 Å². The molecule has 1 fully saturated rings. The Bertz CT molecular complexity index is 478. The summed E-state index contributed by atoms with van der Waals surface area (Å²) >= 11 is 0. The third kappa shape index (κ3) is 2.30. The zero-order valence-corrected chi connectivity index (χ0v) is 10.2. The molecule has 1 aromatic rings. The molecule has 5 heteroatoms. The number of Topliss-reactive ketones (excluding diaryl/α,β-unsaturated/α-hetero) is 1. The number of anilines is 1. The van der Waals surface area contributed by atoms with Crippen molar-refractivity contribution in [3.05, 3.63) is 23.8 Å². The lowest BCUT2D eigenvalue weighted by Crippen LogP contribution is -2.23. The molecule has 1 aliphatic heterocycles. The summed E-state index contributed by atoms with van der Waals surface area (Å²) in [4.78, 5) is 24.6. The number of benzene rings is 1. The Hall–Kier alpha value is -2.04. The highest BCUT2D eigenvalue weighted by Gasteiger charge is 2.23. The second-order valence-corrected chi connectivity index (χ2v) is 4.21. The number of carboxylic acid groups (broad SMARTS) is 1. The molecule has 5 nitrogen and oxygen atoms in total. The highest BCUT2D eigenvalue weighted by Crippen LogP contribution is 2.28. The minimum atomic E-state index is -1.44. The number of carbonyl (C=O) groups is 2. The molecule has 1 aromatic carbocycles. The molecule has 0 saturated carbocycles.